The van der Waals surface area contributed by atoms with Crippen LogP contribution in [0.15, 0.2) is 31.6 Å². The predicted molar refractivity (Wildman–Crippen MR) is 69.6 cm³/mol. The van der Waals surface area contributed by atoms with Gasteiger partial charge in [-0.2, -0.15) is 0 Å². The van der Waals surface area contributed by atoms with E-state index in [0.717, 1.165) is 0 Å². The van der Waals surface area contributed by atoms with E-state index < -0.39 is 0 Å². The van der Waals surface area contributed by atoms with Gasteiger partial charge in [-0.1, -0.05) is 15.9 Å². The van der Waals surface area contributed by atoms with Gasteiger partial charge in [-0.25, -0.2) is 4.39 Å². The molecular weight excluding hydrogens is 355 g/mol. The summed E-state index contributed by atoms with van der Waals surface area (Å²) in [6, 6.07) is 4.82. The van der Waals surface area contributed by atoms with Gasteiger partial charge in [0.05, 0.1) is 5.56 Å². The third kappa shape index (κ3) is 2.21. The number of rotatable bonds is 2. The van der Waals surface area contributed by atoms with E-state index in [9.17, 15) is 9.18 Å². The van der Waals surface area contributed by atoms with Crippen LogP contribution >= 0.6 is 31.9 Å². The highest BCUT2D eigenvalue weighted by Gasteiger charge is 2.17. The molecule has 88 valence electrons. The zero-order valence-corrected chi connectivity index (χ0v) is 11.9. The van der Waals surface area contributed by atoms with Gasteiger partial charge in [0.25, 0.3) is 0 Å². The molecule has 0 fully saturated rings. The Morgan fingerprint density at radius 3 is 2.59 bits per heavy atom. The molecule has 2 aromatic rings. The van der Waals surface area contributed by atoms with Gasteiger partial charge in [-0.05, 0) is 46.6 Å². The highest BCUT2D eigenvalue weighted by Crippen LogP contribution is 2.36. The molecule has 0 N–H and O–H groups in total. The molecule has 0 atom stereocenters. The van der Waals surface area contributed by atoms with Gasteiger partial charge >= 0.3 is 0 Å². The first-order valence-electron chi connectivity index (χ1n) is 4.74. The molecule has 0 saturated carbocycles. The maximum absolute atomic E-state index is 14.1. The summed E-state index contributed by atoms with van der Waals surface area (Å²) >= 11 is 6.55. The second-order valence-electron chi connectivity index (χ2n) is 3.47. The van der Waals surface area contributed by atoms with Gasteiger partial charge in [-0.15, -0.1) is 0 Å². The molecule has 0 saturated heterocycles. The molecule has 2 nitrogen and oxygen atoms in total. The minimum absolute atomic E-state index is 0.173. The van der Waals surface area contributed by atoms with Crippen LogP contribution in [0.2, 0.25) is 0 Å². The fourth-order valence-corrected chi connectivity index (χ4v) is 2.77. The van der Waals surface area contributed by atoms with E-state index >= 15 is 0 Å². The number of furan rings is 1. The standard InChI is InChI=1S/C12H7Br2FO2/c1-6-8(13)4-9(14)11(12(6)15)10-3-2-7(5-16)17-10/h2-5H,1H3. The fraction of sp³-hybridized carbons (Fsp3) is 0.0833. The van der Waals surface area contributed by atoms with Crippen LogP contribution in [-0.4, -0.2) is 6.29 Å². The monoisotopic (exact) mass is 360 g/mol. The Hall–Kier alpha value is -0.940. The van der Waals surface area contributed by atoms with Crippen LogP contribution in [0.25, 0.3) is 11.3 Å². The zero-order chi connectivity index (χ0) is 12.6. The molecule has 0 amide bonds. The lowest BCUT2D eigenvalue weighted by Gasteiger charge is -2.08. The van der Waals surface area contributed by atoms with E-state index in [4.69, 9.17) is 4.42 Å². The Balaban J connectivity index is 2.66. The molecule has 17 heavy (non-hydrogen) atoms. The lowest BCUT2D eigenvalue weighted by atomic mass is 10.1. The number of hydrogen-bond donors (Lipinski definition) is 0. The van der Waals surface area contributed by atoms with Crippen molar-refractivity contribution in [3.63, 3.8) is 0 Å². The van der Waals surface area contributed by atoms with Crippen molar-refractivity contribution in [1.29, 1.82) is 0 Å². The van der Waals surface area contributed by atoms with Crippen LogP contribution in [0.4, 0.5) is 4.39 Å². The van der Waals surface area contributed by atoms with Crippen molar-refractivity contribution in [3.8, 4) is 11.3 Å². The molecule has 0 unspecified atom stereocenters. The van der Waals surface area contributed by atoms with Gasteiger partial charge in [0.15, 0.2) is 12.0 Å². The third-order valence-corrected chi connectivity index (χ3v) is 3.84. The van der Waals surface area contributed by atoms with Crippen molar-refractivity contribution in [3.05, 3.63) is 44.3 Å². The summed E-state index contributed by atoms with van der Waals surface area (Å²) < 4.78 is 20.6. The first-order chi connectivity index (χ1) is 8.04. The molecule has 0 radical (unpaired) electrons. The number of carbonyl (C=O) groups excluding carboxylic acids is 1. The summed E-state index contributed by atoms with van der Waals surface area (Å²) in [7, 11) is 0. The summed E-state index contributed by atoms with van der Waals surface area (Å²) in [6.45, 7) is 1.67. The quantitative estimate of drug-likeness (QED) is 0.723. The molecule has 1 aromatic carbocycles. The second-order valence-corrected chi connectivity index (χ2v) is 5.18. The maximum atomic E-state index is 14.1. The van der Waals surface area contributed by atoms with Crippen molar-refractivity contribution in [2.45, 2.75) is 6.92 Å². The number of hydrogen-bond acceptors (Lipinski definition) is 2. The highest BCUT2D eigenvalue weighted by atomic mass is 79.9. The number of aldehydes is 1. The summed E-state index contributed by atoms with van der Waals surface area (Å²) in [4.78, 5) is 10.5. The number of halogens is 3. The lowest BCUT2D eigenvalue weighted by Crippen LogP contribution is -1.91. The van der Waals surface area contributed by atoms with Gasteiger partial charge in [0.2, 0.25) is 0 Å². The first-order valence-corrected chi connectivity index (χ1v) is 6.32. The summed E-state index contributed by atoms with van der Waals surface area (Å²) in [5.74, 6) is 0.122. The van der Waals surface area contributed by atoms with Crippen LogP contribution in [0.1, 0.15) is 16.1 Å². The highest BCUT2D eigenvalue weighted by molar-refractivity contribution is 9.11. The Labute approximate surface area is 114 Å². The second kappa shape index (κ2) is 4.74. The molecular formula is C12H7Br2FO2. The molecule has 0 aliphatic heterocycles. The van der Waals surface area contributed by atoms with Crippen LogP contribution in [0.5, 0.6) is 0 Å². The summed E-state index contributed by atoms with van der Waals surface area (Å²) in [6.07, 6.45) is 0.584. The molecule has 0 aliphatic rings. The van der Waals surface area contributed by atoms with E-state index in [0.29, 0.717) is 32.1 Å². The van der Waals surface area contributed by atoms with Crippen LogP contribution < -0.4 is 0 Å². The fourth-order valence-electron chi connectivity index (χ4n) is 1.47. The largest absolute Gasteiger partial charge is 0.453 e. The van der Waals surface area contributed by atoms with E-state index in [1.165, 1.54) is 6.07 Å². The van der Waals surface area contributed by atoms with Gasteiger partial charge in [0.1, 0.15) is 11.6 Å². The Kier molecular flexibility index (Phi) is 3.49. The normalized spacial score (nSPS) is 10.6. The predicted octanol–water partition coefficient (Wildman–Crippen LogP) is 4.73. The Bertz CT molecular complexity index is 590. The maximum Gasteiger partial charge on any atom is 0.185 e. The van der Waals surface area contributed by atoms with E-state index in [1.807, 2.05) is 0 Å². The molecule has 1 heterocycles. The Morgan fingerprint density at radius 1 is 1.29 bits per heavy atom. The molecule has 0 bridgehead atoms. The molecule has 2 rings (SSSR count). The van der Waals surface area contributed by atoms with E-state index in [-0.39, 0.29) is 11.6 Å². The van der Waals surface area contributed by atoms with Crippen molar-refractivity contribution in [2.24, 2.45) is 0 Å². The van der Waals surface area contributed by atoms with Crippen molar-refractivity contribution < 1.29 is 13.6 Å². The average molecular weight is 362 g/mol. The van der Waals surface area contributed by atoms with Gasteiger partial charge in [-0.3, -0.25) is 4.79 Å². The minimum atomic E-state index is -0.377. The number of benzene rings is 1. The zero-order valence-electron chi connectivity index (χ0n) is 8.76. The lowest BCUT2D eigenvalue weighted by molar-refractivity contribution is 0.110. The smallest absolute Gasteiger partial charge is 0.185 e. The Morgan fingerprint density at radius 2 is 2.00 bits per heavy atom. The summed E-state index contributed by atoms with van der Waals surface area (Å²) in [5, 5.41) is 0. The molecule has 0 aliphatic carbocycles. The van der Waals surface area contributed by atoms with E-state index in [1.54, 1.807) is 19.1 Å². The van der Waals surface area contributed by atoms with E-state index in [2.05, 4.69) is 31.9 Å². The summed E-state index contributed by atoms with van der Waals surface area (Å²) in [5.41, 5.74) is 0.811. The molecule has 5 heteroatoms. The molecule has 1 aromatic heterocycles. The number of carbonyl (C=O) groups is 1. The topological polar surface area (TPSA) is 30.2 Å². The minimum Gasteiger partial charge on any atom is -0.453 e. The van der Waals surface area contributed by atoms with Gasteiger partial charge < -0.3 is 4.42 Å². The van der Waals surface area contributed by atoms with Crippen molar-refractivity contribution in [2.75, 3.05) is 0 Å². The van der Waals surface area contributed by atoms with Crippen molar-refractivity contribution >= 4 is 38.1 Å². The molecule has 0 spiro atoms. The van der Waals surface area contributed by atoms with Crippen LogP contribution in [0, 0.1) is 12.7 Å². The van der Waals surface area contributed by atoms with Crippen molar-refractivity contribution in [1.82, 2.24) is 0 Å². The van der Waals surface area contributed by atoms with Crippen LogP contribution in [-0.2, 0) is 0 Å². The van der Waals surface area contributed by atoms with Gasteiger partial charge in [0, 0.05) is 8.95 Å². The average Bonchev–Trinajstić information content (AvgIpc) is 2.74. The van der Waals surface area contributed by atoms with Crippen LogP contribution in [0.3, 0.4) is 0 Å². The third-order valence-electron chi connectivity index (χ3n) is 2.39. The first kappa shape index (κ1) is 12.5. The SMILES string of the molecule is Cc1c(Br)cc(Br)c(-c2ccc(C=O)o2)c1F.